The van der Waals surface area contributed by atoms with Gasteiger partial charge in [-0.1, -0.05) is 6.92 Å². The number of esters is 1. The molecule has 2 aliphatic heterocycles. The van der Waals surface area contributed by atoms with Crippen LogP contribution in [0.5, 0.6) is 5.88 Å². The summed E-state index contributed by atoms with van der Waals surface area (Å²) in [6.07, 6.45) is 7.94. The molecule has 170 valence electrons. The van der Waals surface area contributed by atoms with Crippen LogP contribution in [-0.2, 0) is 22.4 Å². The van der Waals surface area contributed by atoms with Gasteiger partial charge in [0.1, 0.15) is 0 Å². The fourth-order valence-electron chi connectivity index (χ4n) is 3.94. The number of aromatic nitrogens is 2. The Morgan fingerprint density at radius 2 is 2.22 bits per heavy atom. The Hall–Kier alpha value is -2.74. The highest BCUT2D eigenvalue weighted by atomic mass is 32.2. The lowest BCUT2D eigenvalue weighted by molar-refractivity contribution is -0.139. The summed E-state index contributed by atoms with van der Waals surface area (Å²) < 4.78 is 10.9. The van der Waals surface area contributed by atoms with Crippen molar-refractivity contribution in [3.05, 3.63) is 53.1 Å². The molecule has 0 fully saturated rings. The Morgan fingerprint density at radius 3 is 3.00 bits per heavy atom. The van der Waals surface area contributed by atoms with Gasteiger partial charge in [0, 0.05) is 30.1 Å². The standard InChI is InChI=1S/C24H30N4O3S/c1-3-6-24(29)31-22-16-32-23(28(22)18-11-13-21(30-2)26-15-18)9-4-7-17-10-12-19-20(27-17)8-5-14-25-19/h10-13,15-16,23,25H,3-9,14H2,1-2H3. The van der Waals surface area contributed by atoms with Gasteiger partial charge < -0.3 is 14.8 Å². The molecule has 2 aliphatic rings. The highest BCUT2D eigenvalue weighted by Gasteiger charge is 2.31. The van der Waals surface area contributed by atoms with Crippen molar-refractivity contribution in [3.8, 4) is 5.88 Å². The summed E-state index contributed by atoms with van der Waals surface area (Å²) in [5, 5.41) is 5.49. The summed E-state index contributed by atoms with van der Waals surface area (Å²) in [4.78, 5) is 23.4. The zero-order valence-corrected chi connectivity index (χ0v) is 19.5. The van der Waals surface area contributed by atoms with E-state index in [0.717, 1.165) is 56.5 Å². The molecule has 4 rings (SSSR count). The van der Waals surface area contributed by atoms with Crippen molar-refractivity contribution in [2.45, 2.75) is 57.2 Å². The van der Waals surface area contributed by atoms with Gasteiger partial charge in [-0.2, -0.15) is 0 Å². The summed E-state index contributed by atoms with van der Waals surface area (Å²) in [6, 6.07) is 8.06. The molecule has 0 saturated carbocycles. The van der Waals surface area contributed by atoms with Gasteiger partial charge in [0.2, 0.25) is 11.8 Å². The molecule has 0 aliphatic carbocycles. The first-order valence-electron chi connectivity index (χ1n) is 11.3. The third kappa shape index (κ3) is 5.35. The number of anilines is 2. The normalized spacial score (nSPS) is 17.4. The molecule has 1 atom stereocenters. The van der Waals surface area contributed by atoms with Crippen molar-refractivity contribution in [3.63, 3.8) is 0 Å². The van der Waals surface area contributed by atoms with Crippen LogP contribution >= 0.6 is 11.8 Å². The molecule has 0 saturated heterocycles. The number of nitrogens with zero attached hydrogens (tertiary/aromatic N) is 3. The average Bonchev–Trinajstić information content (AvgIpc) is 3.21. The van der Waals surface area contributed by atoms with Crippen LogP contribution in [0, 0.1) is 0 Å². The Balaban J connectivity index is 1.42. The Labute approximate surface area is 193 Å². The first-order chi connectivity index (χ1) is 15.7. The second-order valence-corrected chi connectivity index (χ2v) is 8.97. The van der Waals surface area contributed by atoms with Crippen LogP contribution in [-0.4, -0.2) is 35.0 Å². The zero-order valence-electron chi connectivity index (χ0n) is 18.7. The summed E-state index contributed by atoms with van der Waals surface area (Å²) in [5.74, 6) is 0.917. The maximum atomic E-state index is 12.2. The topological polar surface area (TPSA) is 76.6 Å². The van der Waals surface area contributed by atoms with Crippen LogP contribution in [0.2, 0.25) is 0 Å². The van der Waals surface area contributed by atoms with Gasteiger partial charge in [0.05, 0.1) is 35.7 Å². The van der Waals surface area contributed by atoms with Gasteiger partial charge in [-0.15, -0.1) is 11.8 Å². The fourth-order valence-corrected chi connectivity index (χ4v) is 5.03. The molecule has 1 N–H and O–H groups in total. The first-order valence-corrected chi connectivity index (χ1v) is 12.2. The van der Waals surface area contributed by atoms with Crippen molar-refractivity contribution >= 4 is 29.1 Å². The second-order valence-electron chi connectivity index (χ2n) is 7.92. The molecule has 32 heavy (non-hydrogen) atoms. The molecule has 0 aromatic carbocycles. The van der Waals surface area contributed by atoms with E-state index in [9.17, 15) is 4.79 Å². The van der Waals surface area contributed by atoms with E-state index in [-0.39, 0.29) is 11.3 Å². The molecule has 0 amide bonds. The molecule has 2 aromatic heterocycles. The number of rotatable bonds is 9. The number of carbonyl (C=O) groups excluding carboxylic acids is 1. The number of fused-ring (bicyclic) bond motifs is 1. The Kier molecular flexibility index (Phi) is 7.52. The molecule has 8 heteroatoms. The molecule has 0 radical (unpaired) electrons. The zero-order chi connectivity index (χ0) is 22.3. The summed E-state index contributed by atoms with van der Waals surface area (Å²) in [5.41, 5.74) is 4.37. The van der Waals surface area contributed by atoms with Crippen molar-refractivity contribution in [1.29, 1.82) is 0 Å². The highest BCUT2D eigenvalue weighted by molar-refractivity contribution is 8.03. The number of aryl methyl sites for hydroxylation is 2. The lowest BCUT2D eigenvalue weighted by Crippen LogP contribution is -2.30. The molecule has 0 bridgehead atoms. The van der Waals surface area contributed by atoms with Gasteiger partial charge in [0.25, 0.3) is 0 Å². The number of hydrogen-bond acceptors (Lipinski definition) is 8. The van der Waals surface area contributed by atoms with Crippen LogP contribution in [0.4, 0.5) is 11.4 Å². The van der Waals surface area contributed by atoms with Crippen molar-refractivity contribution < 1.29 is 14.3 Å². The van der Waals surface area contributed by atoms with Crippen LogP contribution < -0.4 is 15.0 Å². The van der Waals surface area contributed by atoms with E-state index in [4.69, 9.17) is 14.5 Å². The number of methoxy groups -OCH3 is 1. The van der Waals surface area contributed by atoms with Gasteiger partial charge >= 0.3 is 5.97 Å². The highest BCUT2D eigenvalue weighted by Crippen LogP contribution is 2.39. The molecule has 2 aromatic rings. The number of hydrogen-bond donors (Lipinski definition) is 1. The Morgan fingerprint density at radius 1 is 1.31 bits per heavy atom. The summed E-state index contributed by atoms with van der Waals surface area (Å²) >= 11 is 1.68. The van der Waals surface area contributed by atoms with Crippen molar-refractivity contribution in [1.82, 2.24) is 9.97 Å². The molecule has 4 heterocycles. The van der Waals surface area contributed by atoms with E-state index in [1.807, 2.05) is 24.5 Å². The minimum Gasteiger partial charge on any atom is -0.481 e. The van der Waals surface area contributed by atoms with Gasteiger partial charge in [-0.25, -0.2) is 4.98 Å². The predicted octanol–water partition coefficient (Wildman–Crippen LogP) is 4.89. The Bertz CT molecular complexity index is 964. The number of pyridine rings is 2. The minimum atomic E-state index is -0.210. The molecular weight excluding hydrogens is 424 g/mol. The van der Waals surface area contributed by atoms with E-state index in [2.05, 4.69) is 27.3 Å². The largest absolute Gasteiger partial charge is 0.481 e. The molecular formula is C24H30N4O3S. The van der Waals surface area contributed by atoms with E-state index in [1.54, 1.807) is 25.1 Å². The second kappa shape index (κ2) is 10.7. The van der Waals surface area contributed by atoms with Gasteiger partial charge in [-0.3, -0.25) is 14.7 Å². The average molecular weight is 455 g/mol. The third-order valence-corrected chi connectivity index (χ3v) is 6.65. The van der Waals surface area contributed by atoms with Crippen LogP contribution in [0.15, 0.2) is 41.8 Å². The van der Waals surface area contributed by atoms with E-state index in [0.29, 0.717) is 18.2 Å². The van der Waals surface area contributed by atoms with Crippen LogP contribution in [0.3, 0.4) is 0 Å². The van der Waals surface area contributed by atoms with E-state index >= 15 is 0 Å². The number of nitrogens with one attached hydrogen (secondary N) is 1. The van der Waals surface area contributed by atoms with Gasteiger partial charge in [0.15, 0.2) is 0 Å². The maximum Gasteiger partial charge on any atom is 0.312 e. The third-order valence-electron chi connectivity index (χ3n) is 5.55. The molecule has 0 spiro atoms. The van der Waals surface area contributed by atoms with E-state index in [1.165, 1.54) is 11.4 Å². The lowest BCUT2D eigenvalue weighted by Gasteiger charge is -2.28. The quantitative estimate of drug-likeness (QED) is 0.537. The lowest BCUT2D eigenvalue weighted by atomic mass is 10.1. The number of carbonyl (C=O) groups is 1. The number of ether oxygens (including phenoxy) is 2. The molecule has 1 unspecified atom stereocenters. The SMILES string of the molecule is CCCC(=O)OC1=CSC(CCCc2ccc3c(n2)CCCN3)N1c1ccc(OC)nc1. The van der Waals surface area contributed by atoms with Crippen LogP contribution in [0.1, 0.15) is 50.4 Å². The smallest absolute Gasteiger partial charge is 0.312 e. The van der Waals surface area contributed by atoms with Crippen molar-refractivity contribution in [2.24, 2.45) is 0 Å². The summed E-state index contributed by atoms with van der Waals surface area (Å²) in [6.45, 7) is 3.00. The van der Waals surface area contributed by atoms with Crippen molar-refractivity contribution in [2.75, 3.05) is 23.9 Å². The summed E-state index contributed by atoms with van der Waals surface area (Å²) in [7, 11) is 1.60. The predicted molar refractivity (Wildman–Crippen MR) is 128 cm³/mol. The monoisotopic (exact) mass is 454 g/mol. The van der Waals surface area contributed by atoms with Crippen LogP contribution in [0.25, 0.3) is 0 Å². The minimum absolute atomic E-state index is 0.133. The molecule has 7 nitrogen and oxygen atoms in total. The van der Waals surface area contributed by atoms with Gasteiger partial charge in [-0.05, 0) is 56.7 Å². The number of thioether (sulfide) groups is 1. The fraction of sp³-hybridized carbons (Fsp3) is 0.458. The van der Waals surface area contributed by atoms with E-state index < -0.39 is 0 Å². The first kappa shape index (κ1) is 22.5. The maximum absolute atomic E-state index is 12.2.